The van der Waals surface area contributed by atoms with Gasteiger partial charge in [0.05, 0.1) is 22.2 Å². The molecule has 28 heavy (non-hydrogen) atoms. The molecule has 1 unspecified atom stereocenters. The van der Waals surface area contributed by atoms with Crippen LogP contribution in [0.3, 0.4) is 0 Å². The van der Waals surface area contributed by atoms with Crippen LogP contribution in [0.15, 0.2) is 42.5 Å². The first kappa shape index (κ1) is 21.5. The van der Waals surface area contributed by atoms with E-state index in [2.05, 4.69) is 0 Å². The summed E-state index contributed by atoms with van der Waals surface area (Å²) in [6.45, 7) is 1.92. The second-order valence-corrected chi connectivity index (χ2v) is 5.70. The molecule has 0 aliphatic heterocycles. The molecule has 2 rings (SSSR count). The van der Waals surface area contributed by atoms with Gasteiger partial charge in [-0.3, -0.25) is 4.79 Å². The van der Waals surface area contributed by atoms with Gasteiger partial charge in [0.2, 0.25) is 6.29 Å². The van der Waals surface area contributed by atoms with E-state index in [-0.39, 0.29) is 34.4 Å². The van der Waals surface area contributed by atoms with Crippen LogP contribution in [-0.4, -0.2) is 25.1 Å². The van der Waals surface area contributed by atoms with Gasteiger partial charge < -0.3 is 14.2 Å². The van der Waals surface area contributed by atoms with Gasteiger partial charge in [0, 0.05) is 12.7 Å². The van der Waals surface area contributed by atoms with E-state index < -0.39 is 18.0 Å². The second-order valence-electron chi connectivity index (χ2n) is 5.29. The summed E-state index contributed by atoms with van der Waals surface area (Å²) in [5.41, 5.74) is -0.764. The van der Waals surface area contributed by atoms with Gasteiger partial charge in [-0.1, -0.05) is 11.6 Å². The number of hydrogen-bond acceptors (Lipinski definition) is 5. The number of carbonyl (C=O) groups excluding carboxylic acids is 2. The number of benzene rings is 2. The minimum Gasteiger partial charge on any atom is -0.460 e. The molecule has 0 saturated carbocycles. The highest BCUT2D eigenvalue weighted by Crippen LogP contribution is 2.37. The van der Waals surface area contributed by atoms with Crippen LogP contribution in [0.4, 0.5) is 13.2 Å². The van der Waals surface area contributed by atoms with Crippen molar-refractivity contribution < 1.29 is 37.0 Å². The smallest absolute Gasteiger partial charge is 0.416 e. The van der Waals surface area contributed by atoms with E-state index in [9.17, 15) is 22.8 Å². The third-order valence-electron chi connectivity index (χ3n) is 3.38. The fourth-order valence-corrected chi connectivity index (χ4v) is 2.34. The van der Waals surface area contributed by atoms with Gasteiger partial charge in [-0.2, -0.15) is 13.2 Å². The maximum atomic E-state index is 12.7. The van der Waals surface area contributed by atoms with Gasteiger partial charge in [-0.25, -0.2) is 4.79 Å². The van der Waals surface area contributed by atoms with Crippen molar-refractivity contribution in [1.82, 2.24) is 0 Å². The van der Waals surface area contributed by atoms with E-state index in [0.29, 0.717) is 6.29 Å². The van der Waals surface area contributed by atoms with Gasteiger partial charge in [0.15, 0.2) is 6.29 Å². The monoisotopic (exact) mass is 414 g/mol. The molecule has 0 aliphatic rings. The molecule has 0 saturated heterocycles. The van der Waals surface area contributed by atoms with E-state index >= 15 is 0 Å². The largest absolute Gasteiger partial charge is 0.460 e. The molecule has 5 nitrogen and oxygen atoms in total. The Morgan fingerprint density at radius 1 is 1.18 bits per heavy atom. The summed E-state index contributed by atoms with van der Waals surface area (Å²) in [4.78, 5) is 21.8. The Bertz CT molecular complexity index is 892. The Kier molecular flexibility index (Phi) is 7.23. The average molecular weight is 415 g/mol. The number of alkyl halides is 3. The fourth-order valence-electron chi connectivity index (χ4n) is 2.13. The minimum atomic E-state index is -4.53. The first-order valence-corrected chi connectivity index (χ1v) is 8.29. The van der Waals surface area contributed by atoms with Crippen molar-refractivity contribution in [2.24, 2.45) is 0 Å². The molecule has 0 spiro atoms. The van der Waals surface area contributed by atoms with Crippen molar-refractivity contribution in [1.29, 1.82) is 0 Å². The molecular weight excluding hydrogens is 401 g/mol. The average Bonchev–Trinajstić information content (AvgIpc) is 2.63. The topological polar surface area (TPSA) is 61.8 Å². The van der Waals surface area contributed by atoms with Crippen LogP contribution in [0, 0.1) is 0 Å². The predicted octanol–water partition coefficient (Wildman–Crippen LogP) is 5.09. The van der Waals surface area contributed by atoms with Crippen LogP contribution in [0.2, 0.25) is 5.02 Å². The molecule has 0 fully saturated rings. The molecular formula is C19H14ClF3O5. The Morgan fingerprint density at radius 2 is 1.93 bits per heavy atom. The molecule has 9 heteroatoms. The van der Waals surface area contributed by atoms with Crippen LogP contribution in [-0.2, 0) is 15.7 Å². The van der Waals surface area contributed by atoms with Crippen LogP contribution in [0.5, 0.6) is 17.2 Å². The van der Waals surface area contributed by atoms with Crippen molar-refractivity contribution >= 4 is 23.8 Å². The summed E-state index contributed by atoms with van der Waals surface area (Å²) in [7, 11) is 0. The van der Waals surface area contributed by atoms with E-state index in [1.807, 2.05) is 0 Å². The SMILES string of the molecule is CCOC(C=C=O)Oc1cc(Oc2ccc(C(F)(F)F)cc2Cl)ccc1C=O. The molecule has 0 radical (unpaired) electrons. The fraction of sp³-hybridized carbons (Fsp3) is 0.211. The molecule has 2 aromatic rings. The zero-order chi connectivity index (χ0) is 20.7. The molecule has 0 aliphatic carbocycles. The van der Waals surface area contributed by atoms with Gasteiger partial charge in [-0.15, -0.1) is 0 Å². The molecule has 148 valence electrons. The summed E-state index contributed by atoms with van der Waals surface area (Å²) in [5.74, 6) is 1.70. The first-order chi connectivity index (χ1) is 13.3. The highest BCUT2D eigenvalue weighted by atomic mass is 35.5. The third-order valence-corrected chi connectivity index (χ3v) is 3.67. The van der Waals surface area contributed by atoms with Crippen LogP contribution < -0.4 is 9.47 Å². The zero-order valence-electron chi connectivity index (χ0n) is 14.5. The van der Waals surface area contributed by atoms with Gasteiger partial charge >= 0.3 is 6.18 Å². The molecule has 0 heterocycles. The maximum Gasteiger partial charge on any atom is 0.416 e. The quantitative estimate of drug-likeness (QED) is 0.342. The summed E-state index contributed by atoms with van der Waals surface area (Å²) < 4.78 is 54.3. The van der Waals surface area contributed by atoms with Crippen molar-refractivity contribution in [3.63, 3.8) is 0 Å². The summed E-state index contributed by atoms with van der Waals surface area (Å²) in [6, 6.07) is 6.77. The third kappa shape index (κ3) is 5.60. The van der Waals surface area contributed by atoms with E-state index in [1.54, 1.807) is 6.92 Å². The molecule has 0 aromatic heterocycles. The van der Waals surface area contributed by atoms with Gasteiger partial charge in [0.1, 0.15) is 23.2 Å². The molecule has 2 aromatic carbocycles. The number of halogens is 4. The lowest BCUT2D eigenvalue weighted by atomic mass is 10.2. The maximum absolute atomic E-state index is 12.7. The Hall–Kier alpha value is -2.80. The Balaban J connectivity index is 2.30. The summed E-state index contributed by atoms with van der Waals surface area (Å²) in [5, 5.41) is -0.243. The lowest BCUT2D eigenvalue weighted by Gasteiger charge is -2.17. The Morgan fingerprint density at radius 3 is 2.50 bits per heavy atom. The summed E-state index contributed by atoms with van der Waals surface area (Å²) in [6.07, 6.45) is -4.10. The van der Waals surface area contributed by atoms with Crippen molar-refractivity contribution in [2.75, 3.05) is 6.61 Å². The minimum absolute atomic E-state index is 0.0198. The zero-order valence-corrected chi connectivity index (χ0v) is 15.2. The lowest BCUT2D eigenvalue weighted by molar-refractivity contribution is -0.137. The van der Waals surface area contributed by atoms with E-state index in [1.165, 1.54) is 24.1 Å². The van der Waals surface area contributed by atoms with E-state index in [4.69, 9.17) is 25.8 Å². The van der Waals surface area contributed by atoms with Gasteiger partial charge in [-0.05, 0) is 37.3 Å². The molecule has 0 bridgehead atoms. The number of ether oxygens (including phenoxy) is 3. The van der Waals surface area contributed by atoms with E-state index in [0.717, 1.165) is 24.3 Å². The van der Waals surface area contributed by atoms with Gasteiger partial charge in [0.25, 0.3) is 0 Å². The highest BCUT2D eigenvalue weighted by Gasteiger charge is 2.31. The molecule has 0 amide bonds. The Labute approximate surface area is 163 Å². The standard InChI is InChI=1S/C19H14ClF3O5/c1-2-26-18(7-8-24)28-17-10-14(5-3-12(17)11-25)27-16-6-4-13(9-15(16)20)19(21,22)23/h3-7,9-11,18H,2H2,1H3. The number of hydrogen-bond donors (Lipinski definition) is 0. The normalized spacial score (nSPS) is 12.0. The van der Waals surface area contributed by atoms with Crippen LogP contribution in [0.1, 0.15) is 22.8 Å². The van der Waals surface area contributed by atoms with Crippen LogP contribution in [0.25, 0.3) is 0 Å². The molecule has 0 N–H and O–H groups in total. The van der Waals surface area contributed by atoms with Crippen LogP contribution >= 0.6 is 11.6 Å². The first-order valence-electron chi connectivity index (χ1n) is 7.91. The lowest BCUT2D eigenvalue weighted by Crippen LogP contribution is -2.18. The number of aldehydes is 1. The number of rotatable bonds is 8. The van der Waals surface area contributed by atoms with Crippen molar-refractivity contribution in [3.05, 3.63) is 58.6 Å². The predicted molar refractivity (Wildman–Crippen MR) is 94.7 cm³/mol. The summed E-state index contributed by atoms with van der Waals surface area (Å²) >= 11 is 5.87. The van der Waals surface area contributed by atoms with Crippen molar-refractivity contribution in [3.8, 4) is 17.2 Å². The highest BCUT2D eigenvalue weighted by molar-refractivity contribution is 6.32. The number of carbonyl (C=O) groups is 1. The van der Waals surface area contributed by atoms with Crippen molar-refractivity contribution in [2.45, 2.75) is 19.4 Å². The molecule has 1 atom stereocenters. The second kappa shape index (κ2) is 9.41.